The molecule has 1 heterocycles. The van der Waals surface area contributed by atoms with E-state index in [9.17, 15) is 0 Å². The van der Waals surface area contributed by atoms with E-state index in [2.05, 4.69) is 9.97 Å². The molecule has 0 fully saturated rings. The van der Waals surface area contributed by atoms with E-state index < -0.39 is 5.60 Å². The van der Waals surface area contributed by atoms with E-state index in [0.717, 1.165) is 0 Å². The normalized spacial score (nSPS) is 12.1. The predicted molar refractivity (Wildman–Crippen MR) is 56.3 cm³/mol. The maximum Gasteiger partial charge on any atom is 0.161 e. The number of aromatic nitrogens is 2. The first-order valence-corrected chi connectivity index (χ1v) is 4.96. The summed E-state index contributed by atoms with van der Waals surface area (Å²) in [6.07, 6.45) is 1.77. The van der Waals surface area contributed by atoms with E-state index in [1.54, 1.807) is 12.3 Å². The summed E-state index contributed by atoms with van der Waals surface area (Å²) in [5.74, 6) is 0.610. The van der Waals surface area contributed by atoms with Gasteiger partial charge in [-0.25, -0.2) is 9.97 Å². The molecule has 1 aromatic rings. The molecule has 1 rings (SSSR count). The second kappa shape index (κ2) is 4.24. The Hall–Kier alpha value is -0.670. The molecule has 0 amide bonds. The summed E-state index contributed by atoms with van der Waals surface area (Å²) in [5, 5.41) is 0.440. The van der Waals surface area contributed by atoms with Crippen molar-refractivity contribution >= 4 is 11.6 Å². The Morgan fingerprint density at radius 1 is 1.43 bits per heavy atom. The SMILES string of the molecule is CC(C)OC(C)(C)c1nccc(Cl)n1. The summed E-state index contributed by atoms with van der Waals surface area (Å²) in [6.45, 7) is 7.82. The Morgan fingerprint density at radius 3 is 2.57 bits per heavy atom. The average Bonchev–Trinajstić information content (AvgIpc) is 2.01. The minimum Gasteiger partial charge on any atom is -0.365 e. The Labute approximate surface area is 89.5 Å². The quantitative estimate of drug-likeness (QED) is 0.726. The van der Waals surface area contributed by atoms with Crippen LogP contribution in [-0.4, -0.2) is 16.1 Å². The van der Waals surface area contributed by atoms with E-state index in [4.69, 9.17) is 16.3 Å². The number of nitrogens with zero attached hydrogens (tertiary/aromatic N) is 2. The van der Waals surface area contributed by atoms with Gasteiger partial charge in [0, 0.05) is 6.20 Å². The molecule has 0 saturated heterocycles. The Kier molecular flexibility index (Phi) is 3.45. The highest BCUT2D eigenvalue weighted by atomic mass is 35.5. The Bertz CT molecular complexity index is 313. The predicted octanol–water partition coefficient (Wildman–Crippen LogP) is 2.79. The fraction of sp³-hybridized carbons (Fsp3) is 0.600. The van der Waals surface area contributed by atoms with Crippen LogP contribution >= 0.6 is 11.6 Å². The van der Waals surface area contributed by atoms with Crippen molar-refractivity contribution in [1.29, 1.82) is 0 Å². The van der Waals surface area contributed by atoms with Crippen LogP contribution in [0.5, 0.6) is 0 Å². The van der Waals surface area contributed by atoms with Gasteiger partial charge in [0.25, 0.3) is 0 Å². The molecule has 0 aliphatic carbocycles. The standard InChI is InChI=1S/C10H15ClN2O/c1-7(2)14-10(3,4)9-12-6-5-8(11)13-9/h5-7H,1-4H3. The van der Waals surface area contributed by atoms with Gasteiger partial charge in [-0.2, -0.15) is 0 Å². The number of hydrogen-bond acceptors (Lipinski definition) is 3. The van der Waals surface area contributed by atoms with E-state index in [1.165, 1.54) is 0 Å². The van der Waals surface area contributed by atoms with Crippen molar-refractivity contribution in [2.45, 2.75) is 39.4 Å². The number of halogens is 1. The van der Waals surface area contributed by atoms with Crippen molar-refractivity contribution < 1.29 is 4.74 Å². The lowest BCUT2D eigenvalue weighted by molar-refractivity contribution is -0.0656. The molecule has 0 unspecified atom stereocenters. The number of ether oxygens (including phenoxy) is 1. The van der Waals surface area contributed by atoms with Crippen LogP contribution in [-0.2, 0) is 10.3 Å². The summed E-state index contributed by atoms with van der Waals surface area (Å²) < 4.78 is 5.70. The molecule has 4 heteroatoms. The van der Waals surface area contributed by atoms with Gasteiger partial charge in [-0.15, -0.1) is 0 Å². The summed E-state index contributed by atoms with van der Waals surface area (Å²) in [4.78, 5) is 8.27. The molecule has 1 aromatic heterocycles. The van der Waals surface area contributed by atoms with Crippen LogP contribution in [0, 0.1) is 0 Å². The van der Waals surface area contributed by atoms with Gasteiger partial charge in [-0.1, -0.05) is 11.6 Å². The van der Waals surface area contributed by atoms with Crippen LogP contribution in [0.4, 0.5) is 0 Å². The van der Waals surface area contributed by atoms with Crippen molar-refractivity contribution in [2.75, 3.05) is 0 Å². The molecule has 14 heavy (non-hydrogen) atoms. The number of hydrogen-bond donors (Lipinski definition) is 0. The molecule has 0 saturated carbocycles. The lowest BCUT2D eigenvalue weighted by Gasteiger charge is -2.26. The highest BCUT2D eigenvalue weighted by molar-refractivity contribution is 6.29. The van der Waals surface area contributed by atoms with E-state index >= 15 is 0 Å². The fourth-order valence-electron chi connectivity index (χ4n) is 1.27. The lowest BCUT2D eigenvalue weighted by Crippen LogP contribution is -2.27. The first-order chi connectivity index (χ1) is 6.42. The second-order valence-corrected chi connectivity index (χ2v) is 4.27. The van der Waals surface area contributed by atoms with Crippen molar-refractivity contribution in [2.24, 2.45) is 0 Å². The maximum atomic E-state index is 5.78. The van der Waals surface area contributed by atoms with Crippen molar-refractivity contribution in [1.82, 2.24) is 9.97 Å². The molecule has 78 valence electrons. The molecule has 0 aliphatic heterocycles. The van der Waals surface area contributed by atoms with Gasteiger partial charge >= 0.3 is 0 Å². The first kappa shape index (κ1) is 11.4. The molecule has 0 atom stereocenters. The highest BCUT2D eigenvalue weighted by Gasteiger charge is 2.25. The van der Waals surface area contributed by atoms with E-state index in [0.29, 0.717) is 11.0 Å². The topological polar surface area (TPSA) is 35.0 Å². The molecule has 3 nitrogen and oxygen atoms in total. The van der Waals surface area contributed by atoms with Crippen LogP contribution in [0.1, 0.15) is 33.5 Å². The van der Waals surface area contributed by atoms with Gasteiger partial charge in [0.15, 0.2) is 5.82 Å². The first-order valence-electron chi connectivity index (χ1n) is 4.58. The molecule has 0 bridgehead atoms. The van der Waals surface area contributed by atoms with Gasteiger partial charge in [0.1, 0.15) is 10.8 Å². The van der Waals surface area contributed by atoms with Crippen LogP contribution in [0.15, 0.2) is 12.3 Å². The van der Waals surface area contributed by atoms with Gasteiger partial charge in [0.05, 0.1) is 6.10 Å². The monoisotopic (exact) mass is 214 g/mol. The fourth-order valence-corrected chi connectivity index (χ4v) is 1.41. The van der Waals surface area contributed by atoms with Crippen LogP contribution in [0.25, 0.3) is 0 Å². The van der Waals surface area contributed by atoms with Gasteiger partial charge in [-0.3, -0.25) is 0 Å². The largest absolute Gasteiger partial charge is 0.365 e. The highest BCUT2D eigenvalue weighted by Crippen LogP contribution is 2.23. The molecule has 0 aromatic carbocycles. The summed E-state index contributed by atoms with van der Waals surface area (Å²) in [6, 6.07) is 1.65. The molecule has 0 aliphatic rings. The Balaban J connectivity index is 2.91. The Morgan fingerprint density at radius 2 is 2.07 bits per heavy atom. The molecule has 0 radical (unpaired) electrons. The molecular formula is C10H15ClN2O. The molecule has 0 spiro atoms. The molecule has 0 N–H and O–H groups in total. The van der Waals surface area contributed by atoms with Gasteiger partial charge in [0.2, 0.25) is 0 Å². The zero-order valence-electron chi connectivity index (χ0n) is 8.91. The van der Waals surface area contributed by atoms with Gasteiger partial charge in [-0.05, 0) is 33.8 Å². The maximum absolute atomic E-state index is 5.78. The summed E-state index contributed by atoms with van der Waals surface area (Å²) >= 11 is 5.78. The third-order valence-corrected chi connectivity index (χ3v) is 1.90. The average molecular weight is 215 g/mol. The summed E-state index contributed by atoms with van der Waals surface area (Å²) in [5.41, 5.74) is -0.501. The van der Waals surface area contributed by atoms with Crippen molar-refractivity contribution in [3.63, 3.8) is 0 Å². The lowest BCUT2D eigenvalue weighted by atomic mass is 10.1. The van der Waals surface area contributed by atoms with Gasteiger partial charge < -0.3 is 4.74 Å². The minimum absolute atomic E-state index is 0.132. The zero-order valence-corrected chi connectivity index (χ0v) is 9.67. The van der Waals surface area contributed by atoms with E-state index in [1.807, 2.05) is 27.7 Å². The van der Waals surface area contributed by atoms with E-state index in [-0.39, 0.29) is 6.10 Å². The third kappa shape index (κ3) is 2.93. The zero-order chi connectivity index (χ0) is 10.8. The van der Waals surface area contributed by atoms with Crippen LogP contribution < -0.4 is 0 Å². The number of rotatable bonds is 3. The van der Waals surface area contributed by atoms with Crippen LogP contribution in [0.3, 0.4) is 0 Å². The van der Waals surface area contributed by atoms with Crippen LogP contribution in [0.2, 0.25) is 5.15 Å². The van der Waals surface area contributed by atoms with Crippen molar-refractivity contribution in [3.8, 4) is 0 Å². The smallest absolute Gasteiger partial charge is 0.161 e. The minimum atomic E-state index is -0.501. The second-order valence-electron chi connectivity index (χ2n) is 3.88. The van der Waals surface area contributed by atoms with Crippen molar-refractivity contribution in [3.05, 3.63) is 23.2 Å². The summed E-state index contributed by atoms with van der Waals surface area (Å²) in [7, 11) is 0. The third-order valence-electron chi connectivity index (χ3n) is 1.69. The molecular weight excluding hydrogens is 200 g/mol.